The highest BCUT2D eigenvalue weighted by Gasteiger charge is 2.24. The summed E-state index contributed by atoms with van der Waals surface area (Å²) in [6.07, 6.45) is 2.86. The molecule has 0 aromatic heterocycles. The van der Waals surface area contributed by atoms with Gasteiger partial charge >= 0.3 is 0 Å². The Balaban J connectivity index is 1.94. The highest BCUT2D eigenvalue weighted by atomic mass is 79.9. The third-order valence-electron chi connectivity index (χ3n) is 3.76. The minimum atomic E-state index is -0.371. The van der Waals surface area contributed by atoms with E-state index in [-0.39, 0.29) is 23.5 Å². The van der Waals surface area contributed by atoms with E-state index in [1.165, 1.54) is 18.2 Å². The third kappa shape index (κ3) is 4.64. The zero-order chi connectivity index (χ0) is 17.0. The second-order valence-electron chi connectivity index (χ2n) is 5.80. The average Bonchev–Trinajstić information content (AvgIpc) is 2.54. The molecule has 0 spiro atoms. The molecule has 23 heavy (non-hydrogen) atoms. The van der Waals surface area contributed by atoms with Crippen molar-refractivity contribution in [1.82, 2.24) is 9.80 Å². The standard InChI is InChI=1S/C17H20BrFN2O2/c1-12(2)17(23)21-9-7-20(8-10-21)16(22)6-3-13-11-14(18)4-5-15(13)19/h3-6,11-12H,7-10H2,1-2H3/b6-3+. The van der Waals surface area contributed by atoms with Crippen LogP contribution in [0.25, 0.3) is 6.08 Å². The molecule has 0 aliphatic carbocycles. The topological polar surface area (TPSA) is 40.6 Å². The van der Waals surface area contributed by atoms with Crippen molar-refractivity contribution in [3.8, 4) is 0 Å². The van der Waals surface area contributed by atoms with Gasteiger partial charge in [0.15, 0.2) is 0 Å². The lowest BCUT2D eigenvalue weighted by Gasteiger charge is -2.35. The van der Waals surface area contributed by atoms with E-state index in [1.807, 2.05) is 13.8 Å². The predicted octanol–water partition coefficient (Wildman–Crippen LogP) is 2.93. The van der Waals surface area contributed by atoms with Crippen molar-refractivity contribution in [2.24, 2.45) is 5.92 Å². The van der Waals surface area contributed by atoms with Crippen LogP contribution < -0.4 is 0 Å². The van der Waals surface area contributed by atoms with Crippen LogP contribution in [0.1, 0.15) is 19.4 Å². The second-order valence-corrected chi connectivity index (χ2v) is 6.72. The van der Waals surface area contributed by atoms with Crippen molar-refractivity contribution >= 4 is 33.8 Å². The number of carbonyl (C=O) groups excluding carboxylic acids is 2. The summed E-state index contributed by atoms with van der Waals surface area (Å²) < 4.78 is 14.4. The van der Waals surface area contributed by atoms with Crippen LogP contribution in [0.4, 0.5) is 4.39 Å². The minimum Gasteiger partial charge on any atom is -0.339 e. The smallest absolute Gasteiger partial charge is 0.246 e. The summed E-state index contributed by atoms with van der Waals surface area (Å²) in [5.74, 6) is -0.453. The highest BCUT2D eigenvalue weighted by molar-refractivity contribution is 9.10. The summed E-state index contributed by atoms with van der Waals surface area (Å²) in [4.78, 5) is 27.6. The number of amides is 2. The van der Waals surface area contributed by atoms with Crippen LogP contribution in [0.3, 0.4) is 0 Å². The molecule has 1 aliphatic rings. The molecule has 0 unspecified atom stereocenters. The van der Waals surface area contributed by atoms with Crippen LogP contribution in [-0.2, 0) is 9.59 Å². The van der Waals surface area contributed by atoms with E-state index in [1.54, 1.807) is 21.9 Å². The number of hydrogen-bond donors (Lipinski definition) is 0. The lowest BCUT2D eigenvalue weighted by molar-refractivity contribution is -0.139. The first-order valence-corrected chi connectivity index (χ1v) is 8.38. The van der Waals surface area contributed by atoms with Crippen molar-refractivity contribution in [1.29, 1.82) is 0 Å². The van der Waals surface area contributed by atoms with Gasteiger partial charge in [-0.3, -0.25) is 9.59 Å². The fourth-order valence-electron chi connectivity index (χ4n) is 2.42. The average molecular weight is 383 g/mol. The van der Waals surface area contributed by atoms with E-state index in [4.69, 9.17) is 0 Å². The first-order valence-electron chi connectivity index (χ1n) is 7.59. The van der Waals surface area contributed by atoms with Crippen molar-refractivity contribution < 1.29 is 14.0 Å². The van der Waals surface area contributed by atoms with E-state index in [9.17, 15) is 14.0 Å². The van der Waals surface area contributed by atoms with Crippen LogP contribution in [-0.4, -0.2) is 47.8 Å². The molecule has 2 amide bonds. The summed E-state index contributed by atoms with van der Waals surface area (Å²) in [6.45, 7) is 5.83. The van der Waals surface area contributed by atoms with Gasteiger partial charge in [0.2, 0.25) is 11.8 Å². The Kier molecular flexibility index (Phi) is 5.93. The number of nitrogens with zero attached hydrogens (tertiary/aromatic N) is 2. The number of halogens is 2. The molecule has 124 valence electrons. The Labute approximate surface area is 144 Å². The molecule has 4 nitrogen and oxygen atoms in total. The molecule has 1 fully saturated rings. The predicted molar refractivity (Wildman–Crippen MR) is 91.1 cm³/mol. The van der Waals surface area contributed by atoms with Gasteiger partial charge in [0.25, 0.3) is 0 Å². The maximum Gasteiger partial charge on any atom is 0.246 e. The molecule has 2 rings (SSSR count). The largest absolute Gasteiger partial charge is 0.339 e. The van der Waals surface area contributed by atoms with Crippen molar-refractivity contribution in [2.45, 2.75) is 13.8 Å². The fourth-order valence-corrected chi connectivity index (χ4v) is 2.80. The summed E-state index contributed by atoms with van der Waals surface area (Å²) >= 11 is 3.28. The van der Waals surface area contributed by atoms with Gasteiger partial charge in [-0.2, -0.15) is 0 Å². The highest BCUT2D eigenvalue weighted by Crippen LogP contribution is 2.17. The molecule has 1 saturated heterocycles. The van der Waals surface area contributed by atoms with Crippen LogP contribution in [0, 0.1) is 11.7 Å². The van der Waals surface area contributed by atoms with Crippen molar-refractivity contribution in [3.05, 3.63) is 40.1 Å². The van der Waals surface area contributed by atoms with Crippen molar-refractivity contribution in [3.63, 3.8) is 0 Å². The summed E-state index contributed by atoms with van der Waals surface area (Å²) in [6, 6.07) is 4.59. The molecule has 0 N–H and O–H groups in total. The fraction of sp³-hybridized carbons (Fsp3) is 0.412. The van der Waals surface area contributed by atoms with Gasteiger partial charge in [0.1, 0.15) is 5.82 Å². The van der Waals surface area contributed by atoms with E-state index >= 15 is 0 Å². The lowest BCUT2D eigenvalue weighted by atomic mass is 10.1. The second kappa shape index (κ2) is 7.73. The number of hydrogen-bond acceptors (Lipinski definition) is 2. The molecule has 1 aromatic rings. The Morgan fingerprint density at radius 2 is 1.78 bits per heavy atom. The van der Waals surface area contributed by atoms with E-state index in [0.717, 1.165) is 4.47 Å². The Morgan fingerprint density at radius 1 is 1.17 bits per heavy atom. The Bertz CT molecular complexity index is 623. The first-order chi connectivity index (χ1) is 10.9. The van der Waals surface area contributed by atoms with Gasteiger partial charge in [0, 0.05) is 48.2 Å². The number of benzene rings is 1. The summed E-state index contributed by atoms with van der Waals surface area (Å²) in [5, 5.41) is 0. The zero-order valence-electron chi connectivity index (χ0n) is 13.3. The molecule has 1 heterocycles. The van der Waals surface area contributed by atoms with Gasteiger partial charge < -0.3 is 9.80 Å². The van der Waals surface area contributed by atoms with Gasteiger partial charge in [-0.1, -0.05) is 29.8 Å². The van der Waals surface area contributed by atoms with Crippen LogP contribution in [0.2, 0.25) is 0 Å². The third-order valence-corrected chi connectivity index (χ3v) is 4.25. The monoisotopic (exact) mass is 382 g/mol. The maximum absolute atomic E-state index is 13.6. The molecule has 0 radical (unpaired) electrons. The minimum absolute atomic E-state index is 0.0309. The molecule has 1 aliphatic heterocycles. The van der Waals surface area contributed by atoms with E-state index in [2.05, 4.69) is 15.9 Å². The van der Waals surface area contributed by atoms with Crippen molar-refractivity contribution in [2.75, 3.05) is 26.2 Å². The lowest BCUT2D eigenvalue weighted by Crippen LogP contribution is -2.51. The van der Waals surface area contributed by atoms with Gasteiger partial charge in [-0.15, -0.1) is 0 Å². The van der Waals surface area contributed by atoms with E-state index in [0.29, 0.717) is 31.7 Å². The normalized spacial score (nSPS) is 15.5. The molecule has 0 atom stereocenters. The van der Waals surface area contributed by atoms with Crippen LogP contribution in [0.15, 0.2) is 28.7 Å². The zero-order valence-corrected chi connectivity index (χ0v) is 14.8. The van der Waals surface area contributed by atoms with Gasteiger partial charge in [-0.05, 0) is 24.3 Å². The Hall–Kier alpha value is -1.69. The first kappa shape index (κ1) is 17.7. The molecule has 0 saturated carbocycles. The number of carbonyl (C=O) groups is 2. The SMILES string of the molecule is CC(C)C(=O)N1CCN(C(=O)/C=C/c2cc(Br)ccc2F)CC1. The number of piperazine rings is 1. The molecular formula is C17H20BrFN2O2. The number of rotatable bonds is 3. The van der Waals surface area contributed by atoms with Gasteiger partial charge in [-0.25, -0.2) is 4.39 Å². The summed E-state index contributed by atoms with van der Waals surface area (Å²) in [7, 11) is 0. The molecule has 1 aromatic carbocycles. The Morgan fingerprint density at radius 3 is 2.39 bits per heavy atom. The van der Waals surface area contributed by atoms with Crippen LogP contribution >= 0.6 is 15.9 Å². The quantitative estimate of drug-likeness (QED) is 0.754. The van der Waals surface area contributed by atoms with Crippen LogP contribution in [0.5, 0.6) is 0 Å². The van der Waals surface area contributed by atoms with E-state index < -0.39 is 0 Å². The molecule has 6 heteroatoms. The summed E-state index contributed by atoms with van der Waals surface area (Å²) in [5.41, 5.74) is 0.362. The van der Waals surface area contributed by atoms with Gasteiger partial charge in [0.05, 0.1) is 0 Å². The molecule has 0 bridgehead atoms. The molecular weight excluding hydrogens is 363 g/mol. The maximum atomic E-state index is 13.6.